The SMILES string of the molecule is Cc1nc2n(n1)CCN(C(=O)c1cc(-c3ccc(C)o3)[nH]n1)CCCC(=O)N[C@@H](Cc1ccccc1)C(=O)N[C@@H]2C(C)C. The number of benzene rings is 1. The second-order valence-electron chi connectivity index (χ2n) is 11.3. The number of amides is 3. The number of furan rings is 1. The van der Waals surface area contributed by atoms with E-state index in [1.165, 1.54) is 0 Å². The molecule has 0 bridgehead atoms. The van der Waals surface area contributed by atoms with Crippen LogP contribution in [0.3, 0.4) is 0 Å². The first-order chi connectivity index (χ1) is 20.7. The van der Waals surface area contributed by atoms with E-state index < -0.39 is 12.1 Å². The molecule has 0 radical (unpaired) electrons. The van der Waals surface area contributed by atoms with Crippen LogP contribution in [0, 0.1) is 19.8 Å². The van der Waals surface area contributed by atoms with E-state index in [0.29, 0.717) is 55.6 Å². The Hall–Kier alpha value is -4.74. The lowest BCUT2D eigenvalue weighted by molar-refractivity contribution is -0.129. The lowest BCUT2D eigenvalue weighted by atomic mass is 10.0. The molecule has 3 aromatic heterocycles. The van der Waals surface area contributed by atoms with Gasteiger partial charge in [0.2, 0.25) is 11.8 Å². The third-order valence-corrected chi connectivity index (χ3v) is 7.49. The van der Waals surface area contributed by atoms with Gasteiger partial charge in [0.15, 0.2) is 11.5 Å². The number of aromatic amines is 1. The maximum absolute atomic E-state index is 13.7. The van der Waals surface area contributed by atoms with Crippen LogP contribution >= 0.6 is 0 Å². The van der Waals surface area contributed by atoms with Crippen LogP contribution in [0.25, 0.3) is 11.5 Å². The summed E-state index contributed by atoms with van der Waals surface area (Å²) in [6.07, 6.45) is 0.904. The van der Waals surface area contributed by atoms with Gasteiger partial charge in [-0.15, -0.1) is 0 Å². The maximum atomic E-state index is 13.7. The van der Waals surface area contributed by atoms with E-state index in [0.717, 1.165) is 11.3 Å². The number of nitrogens with zero attached hydrogens (tertiary/aromatic N) is 5. The molecule has 1 aliphatic heterocycles. The topological polar surface area (TPSA) is 151 Å². The van der Waals surface area contributed by atoms with Crippen molar-refractivity contribution in [3.8, 4) is 11.5 Å². The predicted molar refractivity (Wildman–Crippen MR) is 159 cm³/mol. The van der Waals surface area contributed by atoms with E-state index in [1.807, 2.05) is 63.2 Å². The molecule has 3 N–H and O–H groups in total. The zero-order valence-electron chi connectivity index (χ0n) is 25.0. The van der Waals surface area contributed by atoms with Crippen molar-refractivity contribution in [1.82, 2.24) is 40.5 Å². The Kier molecular flexibility index (Phi) is 9.03. The highest BCUT2D eigenvalue weighted by Crippen LogP contribution is 2.23. The molecule has 1 aliphatic rings. The lowest BCUT2D eigenvalue weighted by Gasteiger charge is -2.27. The third-order valence-electron chi connectivity index (χ3n) is 7.49. The minimum Gasteiger partial charge on any atom is -0.460 e. The Morgan fingerprint density at radius 3 is 2.56 bits per heavy atom. The first kappa shape index (κ1) is 29.7. The van der Waals surface area contributed by atoms with E-state index in [2.05, 4.69) is 30.9 Å². The number of hydrogen-bond acceptors (Lipinski definition) is 7. The molecular weight excluding hydrogens is 548 g/mol. The maximum Gasteiger partial charge on any atom is 0.274 e. The number of hydrogen-bond donors (Lipinski definition) is 3. The Labute approximate surface area is 250 Å². The first-order valence-corrected chi connectivity index (χ1v) is 14.6. The normalized spacial score (nSPS) is 18.6. The van der Waals surface area contributed by atoms with Crippen LogP contribution in [-0.4, -0.2) is 66.7 Å². The molecule has 4 heterocycles. The van der Waals surface area contributed by atoms with Crippen molar-refractivity contribution >= 4 is 17.7 Å². The number of carbonyl (C=O) groups excluding carboxylic acids is 3. The summed E-state index contributed by atoms with van der Waals surface area (Å²) >= 11 is 0. The van der Waals surface area contributed by atoms with Crippen LogP contribution in [0.5, 0.6) is 0 Å². The highest BCUT2D eigenvalue weighted by Gasteiger charge is 2.30. The number of fused-ring (bicyclic) bond motifs is 1. The van der Waals surface area contributed by atoms with Gasteiger partial charge in [0.25, 0.3) is 5.91 Å². The molecule has 4 aromatic rings. The Bertz CT molecular complexity index is 1570. The zero-order valence-corrected chi connectivity index (χ0v) is 25.0. The summed E-state index contributed by atoms with van der Waals surface area (Å²) in [4.78, 5) is 46.7. The summed E-state index contributed by atoms with van der Waals surface area (Å²) in [7, 11) is 0. The molecule has 5 rings (SSSR count). The number of aromatic nitrogens is 5. The van der Waals surface area contributed by atoms with Gasteiger partial charge >= 0.3 is 0 Å². The van der Waals surface area contributed by atoms with Crippen LogP contribution in [-0.2, 0) is 22.6 Å². The number of carbonyl (C=O) groups is 3. The fourth-order valence-electron chi connectivity index (χ4n) is 5.23. The summed E-state index contributed by atoms with van der Waals surface area (Å²) in [5, 5.41) is 17.8. The molecule has 43 heavy (non-hydrogen) atoms. The van der Waals surface area contributed by atoms with Gasteiger partial charge in [-0.25, -0.2) is 9.67 Å². The molecule has 1 aromatic carbocycles. The van der Waals surface area contributed by atoms with Gasteiger partial charge in [-0.1, -0.05) is 44.2 Å². The van der Waals surface area contributed by atoms with Crippen molar-refractivity contribution in [3.05, 3.63) is 77.2 Å². The third kappa shape index (κ3) is 7.19. The minimum atomic E-state index is -0.776. The van der Waals surface area contributed by atoms with Crippen molar-refractivity contribution in [2.45, 2.75) is 65.6 Å². The highest BCUT2D eigenvalue weighted by molar-refractivity contribution is 5.93. The van der Waals surface area contributed by atoms with Gasteiger partial charge in [-0.2, -0.15) is 10.2 Å². The van der Waals surface area contributed by atoms with Crippen molar-refractivity contribution in [1.29, 1.82) is 0 Å². The molecule has 3 amide bonds. The van der Waals surface area contributed by atoms with Gasteiger partial charge in [0.05, 0.1) is 12.6 Å². The summed E-state index contributed by atoms with van der Waals surface area (Å²) in [5.41, 5.74) is 1.79. The molecule has 0 saturated carbocycles. The fourth-order valence-corrected chi connectivity index (χ4v) is 5.23. The average Bonchev–Trinajstić information content (AvgIpc) is 3.72. The van der Waals surface area contributed by atoms with Gasteiger partial charge in [-0.05, 0) is 43.9 Å². The minimum absolute atomic E-state index is 0.0160. The number of aryl methyl sites for hydroxylation is 2. The first-order valence-electron chi connectivity index (χ1n) is 14.6. The van der Waals surface area contributed by atoms with E-state index in [-0.39, 0.29) is 35.8 Å². The Morgan fingerprint density at radius 2 is 1.84 bits per heavy atom. The van der Waals surface area contributed by atoms with Gasteiger partial charge in [-0.3, -0.25) is 19.5 Å². The second kappa shape index (κ2) is 13.1. The molecular formula is C31H38N8O4. The standard InChI is InChI=1S/C31H38N8O4/c1-19(2)28-29-32-21(4)37-39(29)16-15-38(31(42)25-18-23(35-36-25)26-13-12-20(3)43-26)14-8-11-27(40)33-24(30(41)34-28)17-22-9-6-5-7-10-22/h5-7,9-10,12-13,18-19,24,28H,8,11,14-17H2,1-4H3,(H,33,40)(H,34,41)(H,35,36)/t24-,28+/m0/s1. The molecule has 0 aliphatic carbocycles. The Balaban J connectivity index is 1.42. The monoisotopic (exact) mass is 586 g/mol. The molecule has 0 saturated heterocycles. The summed E-state index contributed by atoms with van der Waals surface area (Å²) < 4.78 is 7.43. The number of H-pyrrole nitrogens is 1. The molecule has 0 fully saturated rings. The van der Waals surface area contributed by atoms with E-state index in [1.54, 1.807) is 22.6 Å². The average molecular weight is 587 g/mol. The van der Waals surface area contributed by atoms with Crippen LogP contribution in [0.1, 0.15) is 66.2 Å². The predicted octanol–water partition coefficient (Wildman–Crippen LogP) is 3.36. The van der Waals surface area contributed by atoms with E-state index in [4.69, 9.17) is 4.42 Å². The van der Waals surface area contributed by atoms with E-state index in [9.17, 15) is 14.4 Å². The largest absolute Gasteiger partial charge is 0.460 e. The van der Waals surface area contributed by atoms with Gasteiger partial charge < -0.3 is 20.0 Å². The smallest absolute Gasteiger partial charge is 0.274 e. The van der Waals surface area contributed by atoms with Gasteiger partial charge in [0, 0.05) is 32.0 Å². The Morgan fingerprint density at radius 1 is 1.05 bits per heavy atom. The van der Waals surface area contributed by atoms with Crippen molar-refractivity contribution in [2.75, 3.05) is 13.1 Å². The van der Waals surface area contributed by atoms with E-state index >= 15 is 0 Å². The summed E-state index contributed by atoms with van der Waals surface area (Å²) in [5.74, 6) is 1.70. The quantitative estimate of drug-likeness (QED) is 0.324. The van der Waals surface area contributed by atoms with Crippen molar-refractivity contribution in [2.24, 2.45) is 5.92 Å². The van der Waals surface area contributed by atoms with Crippen LogP contribution in [0.4, 0.5) is 0 Å². The molecule has 0 spiro atoms. The second-order valence-corrected chi connectivity index (χ2v) is 11.3. The number of rotatable bonds is 5. The highest BCUT2D eigenvalue weighted by atomic mass is 16.3. The molecule has 0 unspecified atom stereocenters. The molecule has 226 valence electrons. The van der Waals surface area contributed by atoms with Crippen molar-refractivity contribution in [3.63, 3.8) is 0 Å². The lowest BCUT2D eigenvalue weighted by Crippen LogP contribution is -2.50. The van der Waals surface area contributed by atoms with Gasteiger partial charge in [0.1, 0.15) is 29.1 Å². The summed E-state index contributed by atoms with van der Waals surface area (Å²) in [6, 6.07) is 13.7. The van der Waals surface area contributed by atoms with Crippen LogP contribution < -0.4 is 10.6 Å². The zero-order chi connectivity index (χ0) is 30.5. The van der Waals surface area contributed by atoms with Crippen LogP contribution in [0.2, 0.25) is 0 Å². The summed E-state index contributed by atoms with van der Waals surface area (Å²) in [6.45, 7) is 8.64. The fraction of sp³-hybridized carbons (Fsp3) is 0.419. The molecule has 12 heteroatoms. The number of nitrogens with one attached hydrogen (secondary N) is 3. The van der Waals surface area contributed by atoms with Crippen LogP contribution in [0.15, 0.2) is 52.9 Å². The molecule has 12 nitrogen and oxygen atoms in total. The van der Waals surface area contributed by atoms with Crippen molar-refractivity contribution < 1.29 is 18.8 Å². The molecule has 2 atom stereocenters.